The van der Waals surface area contributed by atoms with Gasteiger partial charge in [0.15, 0.2) is 11.4 Å². The van der Waals surface area contributed by atoms with Crippen LogP contribution in [0.4, 0.5) is 13.2 Å². The molecule has 0 atom stereocenters. The molecule has 2 N–H and O–H groups in total. The van der Waals surface area contributed by atoms with E-state index in [1.54, 1.807) is 18.2 Å². The fourth-order valence-electron chi connectivity index (χ4n) is 3.14. The minimum Gasteiger partial charge on any atom is -0.492 e. The molecule has 1 fully saturated rings. The Morgan fingerprint density at radius 3 is 2.63 bits per heavy atom. The molecule has 1 saturated carbocycles. The van der Waals surface area contributed by atoms with Crippen LogP contribution in [0.5, 0.6) is 5.88 Å². The van der Waals surface area contributed by atoms with Crippen molar-refractivity contribution in [2.45, 2.75) is 31.5 Å². The first kappa shape index (κ1) is 20.3. The zero-order valence-corrected chi connectivity index (χ0v) is 16.7. The summed E-state index contributed by atoms with van der Waals surface area (Å²) in [5.74, 6) is -1.87. The number of rotatable bonds is 4. The van der Waals surface area contributed by atoms with Crippen LogP contribution in [-0.4, -0.2) is 36.1 Å². The van der Waals surface area contributed by atoms with Gasteiger partial charge in [0.25, 0.3) is 5.91 Å². The Labute approximate surface area is 174 Å². The summed E-state index contributed by atoms with van der Waals surface area (Å²) < 4.78 is 41.9. The number of aryl methyl sites for hydroxylation is 1. The average molecular weight is 440 g/mol. The van der Waals surface area contributed by atoms with Gasteiger partial charge in [-0.1, -0.05) is 17.7 Å². The Kier molecular flexibility index (Phi) is 4.57. The lowest BCUT2D eigenvalue weighted by Crippen LogP contribution is -2.34. The predicted octanol–water partition coefficient (Wildman–Crippen LogP) is 3.93. The molecule has 0 unspecified atom stereocenters. The topological polar surface area (TPSA) is 85.0 Å². The van der Waals surface area contributed by atoms with Gasteiger partial charge in [-0.3, -0.25) is 4.79 Å². The minimum absolute atomic E-state index is 0.225. The molecule has 1 aliphatic carbocycles. The largest absolute Gasteiger partial charge is 0.492 e. The molecule has 11 heteroatoms. The number of halogens is 4. The standard InChI is InChI=1S/C19H17ClF3N5O2/c1-18(5-6-18)25-15(29)12-7-10(3-4-13(12)20)11-8-24-28(9-11)17-14(19(21,22)23)16(30)26-27(17)2/h3-4,7-9H,5-6H2,1-2H3,(H,25,29)(H,26,30). The van der Waals surface area contributed by atoms with Crippen molar-refractivity contribution in [1.29, 1.82) is 0 Å². The number of alkyl halides is 3. The quantitative estimate of drug-likeness (QED) is 0.645. The molecule has 7 nitrogen and oxygen atoms in total. The molecule has 4 rings (SSSR count). The maximum Gasteiger partial charge on any atom is 0.425 e. The molecule has 0 bridgehead atoms. The SMILES string of the molecule is Cn1nc(O)c(C(F)(F)F)c1-n1cc(-c2ccc(Cl)c(C(=O)NC3(C)CC3)c2)cn1. The number of aromatic hydroxyl groups is 1. The van der Waals surface area contributed by atoms with E-state index in [4.69, 9.17) is 11.6 Å². The molecule has 1 aliphatic rings. The Balaban J connectivity index is 1.71. The molecule has 3 aromatic rings. The fourth-order valence-corrected chi connectivity index (χ4v) is 3.34. The third-order valence-corrected chi connectivity index (χ3v) is 5.37. The maximum atomic E-state index is 13.4. The smallest absolute Gasteiger partial charge is 0.425 e. The molecule has 0 spiro atoms. The Morgan fingerprint density at radius 2 is 2.00 bits per heavy atom. The number of nitrogens with zero attached hydrogens (tertiary/aromatic N) is 4. The van der Waals surface area contributed by atoms with E-state index in [9.17, 15) is 23.1 Å². The van der Waals surface area contributed by atoms with E-state index in [1.807, 2.05) is 6.92 Å². The van der Waals surface area contributed by atoms with Crippen molar-refractivity contribution in [3.63, 3.8) is 0 Å². The van der Waals surface area contributed by atoms with E-state index >= 15 is 0 Å². The van der Waals surface area contributed by atoms with E-state index in [1.165, 1.54) is 19.4 Å². The van der Waals surface area contributed by atoms with Gasteiger partial charge in [-0.05, 0) is 37.5 Å². The van der Waals surface area contributed by atoms with Crippen LogP contribution in [0.3, 0.4) is 0 Å². The van der Waals surface area contributed by atoms with Crippen LogP contribution < -0.4 is 5.32 Å². The minimum atomic E-state index is -4.82. The first-order valence-corrected chi connectivity index (χ1v) is 9.37. The van der Waals surface area contributed by atoms with Crippen molar-refractivity contribution in [3.8, 4) is 22.8 Å². The van der Waals surface area contributed by atoms with Gasteiger partial charge < -0.3 is 10.4 Å². The number of carbonyl (C=O) groups is 1. The van der Waals surface area contributed by atoms with Gasteiger partial charge in [0.05, 0.1) is 16.8 Å². The summed E-state index contributed by atoms with van der Waals surface area (Å²) in [6.45, 7) is 1.94. The number of aromatic nitrogens is 4. The van der Waals surface area contributed by atoms with Gasteiger partial charge >= 0.3 is 6.18 Å². The van der Waals surface area contributed by atoms with Gasteiger partial charge in [0.1, 0.15) is 0 Å². The third kappa shape index (κ3) is 3.62. The molecule has 0 aliphatic heterocycles. The fraction of sp³-hybridized carbons (Fsp3) is 0.316. The summed E-state index contributed by atoms with van der Waals surface area (Å²) in [6, 6.07) is 4.76. The number of carbonyl (C=O) groups excluding carboxylic acids is 1. The van der Waals surface area contributed by atoms with Crippen LogP contribution in [0.2, 0.25) is 5.02 Å². The normalized spacial score (nSPS) is 15.3. The molecule has 1 amide bonds. The summed E-state index contributed by atoms with van der Waals surface area (Å²) in [7, 11) is 1.27. The van der Waals surface area contributed by atoms with Gasteiger partial charge in [0, 0.05) is 24.3 Å². The van der Waals surface area contributed by atoms with Crippen molar-refractivity contribution in [3.05, 3.63) is 46.7 Å². The highest BCUT2D eigenvalue weighted by atomic mass is 35.5. The van der Waals surface area contributed by atoms with E-state index in [2.05, 4.69) is 15.5 Å². The maximum absolute atomic E-state index is 13.4. The monoisotopic (exact) mass is 439 g/mol. The molecule has 1 aromatic carbocycles. The highest BCUT2D eigenvalue weighted by Gasteiger charge is 2.41. The van der Waals surface area contributed by atoms with Gasteiger partial charge in [-0.25, -0.2) is 9.36 Å². The van der Waals surface area contributed by atoms with E-state index in [0.717, 1.165) is 22.2 Å². The van der Waals surface area contributed by atoms with E-state index < -0.39 is 23.4 Å². The number of amides is 1. The summed E-state index contributed by atoms with van der Waals surface area (Å²) in [5.41, 5.74) is -0.224. The van der Waals surface area contributed by atoms with Crippen molar-refractivity contribution in [2.24, 2.45) is 7.05 Å². The van der Waals surface area contributed by atoms with Crippen LogP contribution in [0, 0.1) is 0 Å². The molecule has 30 heavy (non-hydrogen) atoms. The Bertz CT molecular complexity index is 1150. The molecular formula is C19H17ClF3N5O2. The average Bonchev–Trinajstić information content (AvgIpc) is 3.05. The second kappa shape index (κ2) is 6.76. The number of hydrogen-bond donors (Lipinski definition) is 2. The number of nitrogens with one attached hydrogen (secondary N) is 1. The first-order valence-electron chi connectivity index (χ1n) is 8.99. The van der Waals surface area contributed by atoms with Crippen molar-refractivity contribution in [2.75, 3.05) is 0 Å². The zero-order valence-electron chi connectivity index (χ0n) is 16.0. The second-order valence-corrected chi connectivity index (χ2v) is 7.93. The van der Waals surface area contributed by atoms with Crippen molar-refractivity contribution < 1.29 is 23.1 Å². The van der Waals surface area contributed by atoms with Crippen LogP contribution in [0.25, 0.3) is 16.9 Å². The van der Waals surface area contributed by atoms with Crippen molar-refractivity contribution >= 4 is 17.5 Å². The molecule has 0 radical (unpaired) electrons. The zero-order chi connectivity index (χ0) is 21.8. The highest BCUT2D eigenvalue weighted by Crippen LogP contribution is 2.39. The van der Waals surface area contributed by atoms with Crippen LogP contribution in [-0.2, 0) is 13.2 Å². The summed E-state index contributed by atoms with van der Waals surface area (Å²) in [6.07, 6.45) is -0.315. The molecule has 2 heterocycles. The lowest BCUT2D eigenvalue weighted by molar-refractivity contribution is -0.138. The molecule has 2 aromatic heterocycles. The van der Waals surface area contributed by atoms with Gasteiger partial charge in [-0.15, -0.1) is 5.10 Å². The lowest BCUT2D eigenvalue weighted by atomic mass is 10.1. The third-order valence-electron chi connectivity index (χ3n) is 5.04. The van der Waals surface area contributed by atoms with Crippen LogP contribution in [0.1, 0.15) is 35.7 Å². The number of benzene rings is 1. The summed E-state index contributed by atoms with van der Waals surface area (Å²) >= 11 is 6.18. The van der Waals surface area contributed by atoms with Gasteiger partial charge in [-0.2, -0.15) is 18.3 Å². The van der Waals surface area contributed by atoms with Gasteiger partial charge in [0.2, 0.25) is 5.88 Å². The summed E-state index contributed by atoms with van der Waals surface area (Å²) in [4.78, 5) is 12.6. The van der Waals surface area contributed by atoms with Crippen LogP contribution in [0.15, 0.2) is 30.6 Å². The predicted molar refractivity (Wildman–Crippen MR) is 103 cm³/mol. The number of hydrogen-bond acceptors (Lipinski definition) is 4. The second-order valence-electron chi connectivity index (χ2n) is 7.53. The Morgan fingerprint density at radius 1 is 1.30 bits per heavy atom. The first-order chi connectivity index (χ1) is 14.0. The summed E-state index contributed by atoms with van der Waals surface area (Å²) in [5, 5.41) is 20.2. The Hall–Kier alpha value is -3.01. The van der Waals surface area contributed by atoms with E-state index in [0.29, 0.717) is 11.1 Å². The van der Waals surface area contributed by atoms with Crippen LogP contribution >= 0.6 is 11.6 Å². The molecule has 0 saturated heterocycles. The lowest BCUT2D eigenvalue weighted by Gasteiger charge is -2.13. The highest BCUT2D eigenvalue weighted by molar-refractivity contribution is 6.34. The molecular weight excluding hydrogens is 423 g/mol. The molecule has 158 valence electrons. The van der Waals surface area contributed by atoms with E-state index in [-0.39, 0.29) is 22.0 Å². The van der Waals surface area contributed by atoms with Crippen molar-refractivity contribution in [1.82, 2.24) is 24.9 Å².